The van der Waals surface area contributed by atoms with Gasteiger partial charge in [0.05, 0.1) is 17.2 Å². The van der Waals surface area contributed by atoms with Crippen LogP contribution in [0.1, 0.15) is 44.8 Å². The van der Waals surface area contributed by atoms with Crippen LogP contribution in [0.15, 0.2) is 18.2 Å². The summed E-state index contributed by atoms with van der Waals surface area (Å²) in [5.74, 6) is -0.653. The molecule has 0 saturated carbocycles. The Bertz CT molecular complexity index is 553. The first-order valence-electron chi connectivity index (χ1n) is 8.06. The van der Waals surface area contributed by atoms with E-state index in [1.54, 1.807) is 6.07 Å². The molecule has 0 aliphatic carbocycles. The Morgan fingerprint density at radius 3 is 2.87 bits per heavy atom. The summed E-state index contributed by atoms with van der Waals surface area (Å²) in [6, 6.07) is 4.31. The number of piperidine rings is 1. The highest BCUT2D eigenvalue weighted by molar-refractivity contribution is 6.30. The van der Waals surface area contributed by atoms with Crippen LogP contribution in [0.4, 0.5) is 4.39 Å². The van der Waals surface area contributed by atoms with Crippen molar-refractivity contribution in [2.45, 2.75) is 51.3 Å². The minimum atomic E-state index is -0.957. The highest BCUT2D eigenvalue weighted by Crippen LogP contribution is 2.21. The average molecular weight is 343 g/mol. The zero-order valence-electron chi connectivity index (χ0n) is 13.6. The molecule has 1 aliphatic heterocycles. The second kappa shape index (κ2) is 8.08. The number of nitrogens with one attached hydrogen (secondary N) is 1. The van der Waals surface area contributed by atoms with Gasteiger partial charge in [0.15, 0.2) is 0 Å². The van der Waals surface area contributed by atoms with Crippen LogP contribution in [-0.4, -0.2) is 41.1 Å². The lowest BCUT2D eigenvalue weighted by Gasteiger charge is -2.37. The Kier molecular flexibility index (Phi) is 6.39. The Labute approximate surface area is 141 Å². The number of aliphatic hydroxyl groups is 1. The molecule has 0 spiro atoms. The molecule has 1 heterocycles. The third-order valence-electron chi connectivity index (χ3n) is 4.31. The molecule has 0 radical (unpaired) electrons. The Morgan fingerprint density at radius 1 is 1.48 bits per heavy atom. The van der Waals surface area contributed by atoms with Gasteiger partial charge in [-0.25, -0.2) is 4.39 Å². The number of aliphatic hydroxyl groups excluding tert-OH is 1. The van der Waals surface area contributed by atoms with Gasteiger partial charge in [-0.15, -0.1) is 0 Å². The number of carbonyl (C=O) groups is 1. The van der Waals surface area contributed by atoms with Gasteiger partial charge < -0.3 is 10.4 Å². The second-order valence-corrected chi connectivity index (χ2v) is 6.68. The lowest BCUT2D eigenvalue weighted by Crippen LogP contribution is -2.52. The molecule has 6 heteroatoms. The van der Waals surface area contributed by atoms with Crippen molar-refractivity contribution in [1.82, 2.24) is 10.2 Å². The number of halogens is 2. The van der Waals surface area contributed by atoms with Gasteiger partial charge in [0.25, 0.3) is 0 Å². The predicted molar refractivity (Wildman–Crippen MR) is 88.9 cm³/mol. The fourth-order valence-electron chi connectivity index (χ4n) is 3.01. The number of hydrogen-bond donors (Lipinski definition) is 2. The molecule has 1 aromatic carbocycles. The van der Waals surface area contributed by atoms with Gasteiger partial charge in [-0.1, -0.05) is 24.1 Å². The molecule has 23 heavy (non-hydrogen) atoms. The zero-order chi connectivity index (χ0) is 17.0. The van der Waals surface area contributed by atoms with Crippen molar-refractivity contribution in [1.29, 1.82) is 0 Å². The van der Waals surface area contributed by atoms with E-state index < -0.39 is 11.9 Å². The Balaban J connectivity index is 1.93. The number of likely N-dealkylation sites (tertiary alicyclic amines) is 1. The second-order valence-electron chi connectivity index (χ2n) is 6.28. The molecule has 2 rings (SSSR count). The lowest BCUT2D eigenvalue weighted by molar-refractivity contribution is -0.129. The summed E-state index contributed by atoms with van der Waals surface area (Å²) in [4.78, 5) is 14.6. The van der Waals surface area contributed by atoms with Crippen LogP contribution in [0.2, 0.25) is 5.02 Å². The number of carbonyl (C=O) groups excluding carboxylic acids is 1. The van der Waals surface area contributed by atoms with Crippen LogP contribution >= 0.6 is 11.6 Å². The van der Waals surface area contributed by atoms with E-state index in [4.69, 9.17) is 11.6 Å². The van der Waals surface area contributed by atoms with Crippen LogP contribution < -0.4 is 5.32 Å². The van der Waals surface area contributed by atoms with Gasteiger partial charge in [-0.2, -0.15) is 0 Å². The molecular formula is C17H24ClFN2O2. The smallest absolute Gasteiger partial charge is 0.237 e. The number of hydrogen-bond acceptors (Lipinski definition) is 3. The van der Waals surface area contributed by atoms with E-state index in [0.717, 1.165) is 25.8 Å². The molecule has 4 nitrogen and oxygen atoms in total. The summed E-state index contributed by atoms with van der Waals surface area (Å²) < 4.78 is 13.4. The Morgan fingerprint density at radius 2 is 2.22 bits per heavy atom. The largest absolute Gasteiger partial charge is 0.387 e. The van der Waals surface area contributed by atoms with Crippen LogP contribution in [0.3, 0.4) is 0 Å². The highest BCUT2D eigenvalue weighted by atomic mass is 35.5. The molecule has 2 N–H and O–H groups in total. The number of rotatable bonds is 5. The van der Waals surface area contributed by atoms with Gasteiger partial charge in [0.1, 0.15) is 5.82 Å². The summed E-state index contributed by atoms with van der Waals surface area (Å²) >= 11 is 5.63. The van der Waals surface area contributed by atoms with Crippen molar-refractivity contribution < 1.29 is 14.3 Å². The number of amides is 1. The number of benzene rings is 1. The third kappa shape index (κ3) is 4.66. The molecule has 1 aliphatic rings. The Hall–Kier alpha value is -1.17. The molecule has 2 unspecified atom stereocenters. The van der Waals surface area contributed by atoms with E-state index in [0.29, 0.717) is 11.6 Å². The van der Waals surface area contributed by atoms with Gasteiger partial charge >= 0.3 is 0 Å². The summed E-state index contributed by atoms with van der Waals surface area (Å²) in [6.45, 7) is 5.14. The third-order valence-corrected chi connectivity index (χ3v) is 4.61. The first-order valence-corrected chi connectivity index (χ1v) is 8.44. The van der Waals surface area contributed by atoms with E-state index >= 15 is 0 Å². The molecule has 128 valence electrons. The summed E-state index contributed by atoms with van der Waals surface area (Å²) in [5, 5.41) is 12.9. The standard InChI is InChI=1S/C17H24ClFN2O2/c1-11(2)21-8-4-3-5-15(21)17(23)20-10-16(22)12-6-7-13(18)14(19)9-12/h6-7,9,11,15-16,22H,3-5,8,10H2,1-2H3,(H,20,23). The maximum absolute atomic E-state index is 13.4. The van der Waals surface area contributed by atoms with Crippen molar-refractivity contribution in [3.8, 4) is 0 Å². The fourth-order valence-corrected chi connectivity index (χ4v) is 3.12. The zero-order valence-corrected chi connectivity index (χ0v) is 14.3. The molecule has 2 atom stereocenters. The summed E-state index contributed by atoms with van der Waals surface area (Å²) in [6.07, 6.45) is 2.01. The molecular weight excluding hydrogens is 319 g/mol. The summed E-state index contributed by atoms with van der Waals surface area (Å²) in [7, 11) is 0. The molecule has 0 aromatic heterocycles. The van der Waals surface area contributed by atoms with E-state index in [9.17, 15) is 14.3 Å². The van der Waals surface area contributed by atoms with Crippen molar-refractivity contribution in [2.24, 2.45) is 0 Å². The molecule has 1 fully saturated rings. The average Bonchev–Trinajstić information content (AvgIpc) is 2.54. The van der Waals surface area contributed by atoms with Gasteiger partial charge in [-0.3, -0.25) is 9.69 Å². The topological polar surface area (TPSA) is 52.6 Å². The lowest BCUT2D eigenvalue weighted by atomic mass is 9.99. The highest BCUT2D eigenvalue weighted by Gasteiger charge is 2.30. The van der Waals surface area contributed by atoms with Crippen LogP contribution in [0.25, 0.3) is 0 Å². The quantitative estimate of drug-likeness (QED) is 0.865. The molecule has 1 aromatic rings. The van der Waals surface area contributed by atoms with Gasteiger partial charge in [0.2, 0.25) is 5.91 Å². The SMILES string of the molecule is CC(C)N1CCCCC1C(=O)NCC(O)c1ccc(Cl)c(F)c1. The van der Waals surface area contributed by atoms with E-state index in [1.807, 2.05) is 0 Å². The maximum Gasteiger partial charge on any atom is 0.237 e. The number of nitrogens with zero attached hydrogens (tertiary/aromatic N) is 1. The van der Waals surface area contributed by atoms with Gasteiger partial charge in [0, 0.05) is 12.6 Å². The minimum absolute atomic E-state index is 0.0137. The van der Waals surface area contributed by atoms with E-state index in [1.165, 1.54) is 12.1 Å². The van der Waals surface area contributed by atoms with Crippen molar-refractivity contribution >= 4 is 17.5 Å². The maximum atomic E-state index is 13.4. The molecule has 1 amide bonds. The van der Waals surface area contributed by atoms with Crippen LogP contribution in [0.5, 0.6) is 0 Å². The van der Waals surface area contributed by atoms with Gasteiger partial charge in [-0.05, 0) is 50.9 Å². The van der Waals surface area contributed by atoms with Crippen LogP contribution in [0, 0.1) is 5.82 Å². The predicted octanol–water partition coefficient (Wildman–Crippen LogP) is 2.89. The minimum Gasteiger partial charge on any atom is -0.387 e. The first kappa shape index (κ1) is 18.2. The molecule has 1 saturated heterocycles. The van der Waals surface area contributed by atoms with Crippen molar-refractivity contribution in [3.63, 3.8) is 0 Å². The van der Waals surface area contributed by atoms with E-state index in [-0.39, 0.29) is 23.5 Å². The monoisotopic (exact) mass is 342 g/mol. The first-order chi connectivity index (χ1) is 10.9. The molecule has 0 bridgehead atoms. The van der Waals surface area contributed by atoms with E-state index in [2.05, 4.69) is 24.1 Å². The van der Waals surface area contributed by atoms with Crippen molar-refractivity contribution in [3.05, 3.63) is 34.6 Å². The normalized spacial score (nSPS) is 20.5. The fraction of sp³-hybridized carbons (Fsp3) is 0.588. The van der Waals surface area contributed by atoms with Crippen molar-refractivity contribution in [2.75, 3.05) is 13.1 Å². The summed E-state index contributed by atoms with van der Waals surface area (Å²) in [5.41, 5.74) is 0.400. The van der Waals surface area contributed by atoms with Crippen LogP contribution in [-0.2, 0) is 4.79 Å².